The topological polar surface area (TPSA) is 99.2 Å². The molecule has 1 aromatic carbocycles. The first-order chi connectivity index (χ1) is 10.1. The zero-order chi connectivity index (χ0) is 15.4. The van der Waals surface area contributed by atoms with Gasteiger partial charge in [0.2, 0.25) is 0 Å². The Hall–Kier alpha value is -2.83. The van der Waals surface area contributed by atoms with Crippen LogP contribution in [0.4, 0.5) is 11.4 Å². The van der Waals surface area contributed by atoms with E-state index in [-0.39, 0.29) is 5.91 Å². The lowest BCUT2D eigenvalue weighted by Gasteiger charge is -2.08. The third kappa shape index (κ3) is 3.02. The number of nitrogens with two attached hydrogens (primary N) is 1. The number of methoxy groups -OCH3 is 1. The number of amides is 1. The van der Waals surface area contributed by atoms with Crippen molar-refractivity contribution < 1.29 is 14.3 Å². The predicted octanol–water partition coefficient (Wildman–Crippen LogP) is 1.52. The van der Waals surface area contributed by atoms with Crippen molar-refractivity contribution in [2.24, 2.45) is 0 Å². The van der Waals surface area contributed by atoms with E-state index in [1.54, 1.807) is 24.3 Å². The van der Waals surface area contributed by atoms with E-state index < -0.39 is 5.97 Å². The zero-order valence-corrected chi connectivity index (χ0v) is 11.8. The van der Waals surface area contributed by atoms with Crippen molar-refractivity contribution in [3.05, 3.63) is 41.7 Å². The first-order valence-corrected chi connectivity index (χ1v) is 6.37. The number of nitrogens with one attached hydrogen (secondary N) is 1. The molecule has 2 aromatic rings. The van der Waals surface area contributed by atoms with E-state index in [0.29, 0.717) is 29.2 Å². The molecule has 0 bridgehead atoms. The molecule has 1 heterocycles. The van der Waals surface area contributed by atoms with Crippen molar-refractivity contribution in [3.8, 4) is 0 Å². The Kier molecular flexibility index (Phi) is 4.22. The molecule has 1 amide bonds. The third-order valence-electron chi connectivity index (χ3n) is 2.95. The van der Waals surface area contributed by atoms with Gasteiger partial charge in [0.15, 0.2) is 0 Å². The van der Waals surface area contributed by atoms with Crippen molar-refractivity contribution >= 4 is 23.3 Å². The van der Waals surface area contributed by atoms with Crippen LogP contribution in [0.25, 0.3) is 0 Å². The van der Waals surface area contributed by atoms with Gasteiger partial charge in [0, 0.05) is 12.2 Å². The van der Waals surface area contributed by atoms with Crippen LogP contribution >= 0.6 is 0 Å². The molecule has 7 heteroatoms. The van der Waals surface area contributed by atoms with Gasteiger partial charge in [0.1, 0.15) is 5.69 Å². The van der Waals surface area contributed by atoms with Crippen LogP contribution in [-0.2, 0) is 11.3 Å². The van der Waals surface area contributed by atoms with Crippen LogP contribution in [0.15, 0.2) is 30.5 Å². The van der Waals surface area contributed by atoms with Crippen LogP contribution in [0.1, 0.15) is 27.8 Å². The number of nitrogen functional groups attached to an aromatic ring is 1. The maximum atomic E-state index is 12.2. The van der Waals surface area contributed by atoms with Gasteiger partial charge in [-0.15, -0.1) is 0 Å². The molecule has 3 N–H and O–H groups in total. The fourth-order valence-corrected chi connectivity index (χ4v) is 1.89. The number of aryl methyl sites for hydroxylation is 1. The molecule has 0 aliphatic carbocycles. The summed E-state index contributed by atoms with van der Waals surface area (Å²) in [7, 11) is 1.31. The fraction of sp³-hybridized carbons (Fsp3) is 0.214. The Morgan fingerprint density at radius 2 is 2.00 bits per heavy atom. The summed E-state index contributed by atoms with van der Waals surface area (Å²) in [6, 6.07) is 6.38. The second-order valence-electron chi connectivity index (χ2n) is 4.29. The number of rotatable bonds is 4. The van der Waals surface area contributed by atoms with Gasteiger partial charge < -0.3 is 15.8 Å². The standard InChI is InChI=1S/C14H16N4O3/c1-3-18-12(11(15)8-16-18)13(19)17-10-6-4-9(5-7-10)14(20)21-2/h4-8H,3,15H2,1-2H3,(H,17,19). The minimum Gasteiger partial charge on any atom is -0.465 e. The van der Waals surface area contributed by atoms with Gasteiger partial charge >= 0.3 is 5.97 Å². The molecule has 0 aliphatic heterocycles. The lowest BCUT2D eigenvalue weighted by molar-refractivity contribution is 0.0600. The van der Waals surface area contributed by atoms with Crippen LogP contribution < -0.4 is 11.1 Å². The van der Waals surface area contributed by atoms with E-state index in [2.05, 4.69) is 15.2 Å². The molecule has 1 aromatic heterocycles. The van der Waals surface area contributed by atoms with Crippen LogP contribution in [0.3, 0.4) is 0 Å². The van der Waals surface area contributed by atoms with Crippen LogP contribution in [0.5, 0.6) is 0 Å². The van der Waals surface area contributed by atoms with Crippen molar-refractivity contribution in [1.82, 2.24) is 9.78 Å². The molecule has 21 heavy (non-hydrogen) atoms. The van der Waals surface area contributed by atoms with Gasteiger partial charge in [-0.2, -0.15) is 5.10 Å². The van der Waals surface area contributed by atoms with Crippen LogP contribution in [0, 0.1) is 0 Å². The summed E-state index contributed by atoms with van der Waals surface area (Å²) >= 11 is 0. The summed E-state index contributed by atoms with van der Waals surface area (Å²) in [5, 5.41) is 6.73. The van der Waals surface area contributed by atoms with E-state index >= 15 is 0 Å². The molecule has 0 spiro atoms. The highest BCUT2D eigenvalue weighted by Gasteiger charge is 2.16. The fourth-order valence-electron chi connectivity index (χ4n) is 1.89. The van der Waals surface area contributed by atoms with Gasteiger partial charge in [-0.1, -0.05) is 0 Å². The average molecular weight is 288 g/mol. The Balaban J connectivity index is 2.16. The molecule has 0 fully saturated rings. The van der Waals surface area contributed by atoms with E-state index in [4.69, 9.17) is 5.73 Å². The van der Waals surface area contributed by atoms with Crippen molar-refractivity contribution in [1.29, 1.82) is 0 Å². The van der Waals surface area contributed by atoms with E-state index in [0.717, 1.165) is 0 Å². The average Bonchev–Trinajstić information content (AvgIpc) is 2.88. The van der Waals surface area contributed by atoms with E-state index in [1.807, 2.05) is 6.92 Å². The highest BCUT2D eigenvalue weighted by Crippen LogP contribution is 2.15. The molecule has 110 valence electrons. The number of esters is 1. The second-order valence-corrected chi connectivity index (χ2v) is 4.29. The monoisotopic (exact) mass is 288 g/mol. The highest BCUT2D eigenvalue weighted by molar-refractivity contribution is 6.06. The van der Waals surface area contributed by atoms with Gasteiger partial charge in [-0.3, -0.25) is 9.48 Å². The zero-order valence-electron chi connectivity index (χ0n) is 11.8. The number of ether oxygens (including phenoxy) is 1. The minimum atomic E-state index is -0.429. The summed E-state index contributed by atoms with van der Waals surface area (Å²) in [4.78, 5) is 23.5. The van der Waals surface area contributed by atoms with E-state index in [9.17, 15) is 9.59 Å². The summed E-state index contributed by atoms with van der Waals surface area (Å²) in [5.41, 5.74) is 7.34. The molecular weight excluding hydrogens is 272 g/mol. The molecule has 7 nitrogen and oxygen atoms in total. The number of carbonyl (C=O) groups is 2. The Bertz CT molecular complexity index is 661. The van der Waals surface area contributed by atoms with Gasteiger partial charge in [-0.05, 0) is 31.2 Å². The smallest absolute Gasteiger partial charge is 0.337 e. The summed E-state index contributed by atoms with van der Waals surface area (Å²) in [5.74, 6) is -0.779. The molecule has 0 radical (unpaired) electrons. The number of anilines is 2. The van der Waals surface area contributed by atoms with Crippen molar-refractivity contribution in [3.63, 3.8) is 0 Å². The van der Waals surface area contributed by atoms with Crippen LogP contribution in [-0.4, -0.2) is 28.8 Å². The number of benzene rings is 1. The Morgan fingerprint density at radius 3 is 2.57 bits per heavy atom. The summed E-state index contributed by atoms with van der Waals surface area (Å²) in [6.45, 7) is 2.41. The quantitative estimate of drug-likeness (QED) is 0.831. The Morgan fingerprint density at radius 1 is 1.33 bits per heavy atom. The molecule has 0 saturated carbocycles. The van der Waals surface area contributed by atoms with Crippen molar-refractivity contribution in [2.75, 3.05) is 18.2 Å². The molecule has 0 aliphatic rings. The lowest BCUT2D eigenvalue weighted by atomic mass is 10.2. The first-order valence-electron chi connectivity index (χ1n) is 6.37. The molecule has 0 unspecified atom stereocenters. The van der Waals surface area contributed by atoms with E-state index in [1.165, 1.54) is 18.0 Å². The van der Waals surface area contributed by atoms with Gasteiger partial charge in [0.25, 0.3) is 5.91 Å². The molecular formula is C14H16N4O3. The number of hydrogen-bond donors (Lipinski definition) is 2. The summed E-state index contributed by atoms with van der Waals surface area (Å²) in [6.07, 6.45) is 1.44. The largest absolute Gasteiger partial charge is 0.465 e. The maximum Gasteiger partial charge on any atom is 0.337 e. The first kappa shape index (κ1) is 14.6. The number of hydrogen-bond acceptors (Lipinski definition) is 5. The van der Waals surface area contributed by atoms with Gasteiger partial charge in [-0.25, -0.2) is 4.79 Å². The minimum absolute atomic E-state index is 0.314. The van der Waals surface area contributed by atoms with Gasteiger partial charge in [0.05, 0.1) is 24.6 Å². The van der Waals surface area contributed by atoms with Crippen molar-refractivity contribution in [2.45, 2.75) is 13.5 Å². The maximum absolute atomic E-state index is 12.2. The number of nitrogens with zero attached hydrogens (tertiary/aromatic N) is 2. The SMILES string of the molecule is CCn1ncc(N)c1C(=O)Nc1ccc(C(=O)OC)cc1. The molecule has 2 rings (SSSR count). The number of aromatic nitrogens is 2. The highest BCUT2D eigenvalue weighted by atomic mass is 16.5. The van der Waals surface area contributed by atoms with Crippen LogP contribution in [0.2, 0.25) is 0 Å². The third-order valence-corrected chi connectivity index (χ3v) is 2.95. The number of carbonyl (C=O) groups excluding carboxylic acids is 2. The molecule has 0 saturated heterocycles. The normalized spacial score (nSPS) is 10.2. The second kappa shape index (κ2) is 6.08. The lowest BCUT2D eigenvalue weighted by Crippen LogP contribution is -2.18. The Labute approximate surface area is 121 Å². The predicted molar refractivity (Wildman–Crippen MR) is 78.0 cm³/mol. The summed E-state index contributed by atoms with van der Waals surface area (Å²) < 4.78 is 6.13. The molecule has 0 atom stereocenters.